The van der Waals surface area contributed by atoms with Gasteiger partial charge < -0.3 is 27.7 Å². The Bertz CT molecular complexity index is 1560. The highest BCUT2D eigenvalue weighted by molar-refractivity contribution is 7.57. The van der Waals surface area contributed by atoms with E-state index in [4.69, 9.17) is 27.7 Å². The van der Waals surface area contributed by atoms with Crippen molar-refractivity contribution in [3.05, 3.63) is 105 Å². The molecule has 2 heterocycles. The molecule has 11 nitrogen and oxygen atoms in total. The molecule has 13 heteroatoms. The summed E-state index contributed by atoms with van der Waals surface area (Å²) in [4.78, 5) is 27.8. The minimum Gasteiger partial charge on any atom is -0.399 e. The van der Waals surface area contributed by atoms with E-state index in [1.165, 1.54) is 30.8 Å². The van der Waals surface area contributed by atoms with Crippen LogP contribution in [0, 0.1) is 6.92 Å². The first kappa shape index (κ1) is 34.9. The number of H-pyrrole nitrogens is 1. The Morgan fingerprint density at radius 3 is 2.02 bits per heavy atom. The van der Waals surface area contributed by atoms with Crippen LogP contribution in [0.4, 0.5) is 0 Å². The maximum Gasteiger partial charge on any atom is 0.353 e. The molecule has 1 saturated heterocycles. The monoisotopic (exact) mass is 658 g/mol. The number of nitrogens with zero attached hydrogens (tertiary/aromatic N) is 1. The molecule has 0 spiro atoms. The van der Waals surface area contributed by atoms with Gasteiger partial charge in [-0.2, -0.15) is 0 Å². The van der Waals surface area contributed by atoms with Crippen molar-refractivity contribution in [2.45, 2.75) is 57.3 Å². The lowest BCUT2D eigenvalue weighted by atomic mass is 10.1. The van der Waals surface area contributed by atoms with Gasteiger partial charge in [-0.1, -0.05) is 81.4 Å². The normalized spacial score (nSPS) is 21.0. The molecule has 0 amide bonds. The molecular weight excluding hydrogens is 615 g/mol. The van der Waals surface area contributed by atoms with Gasteiger partial charge in [-0.25, -0.2) is 4.79 Å². The number of ether oxygens (including phenoxy) is 3. The van der Waals surface area contributed by atoms with Crippen molar-refractivity contribution in [3.8, 4) is 0 Å². The molecule has 2 aromatic carbocycles. The summed E-state index contributed by atoms with van der Waals surface area (Å²) < 4.78 is 50.5. The van der Waals surface area contributed by atoms with Gasteiger partial charge in [-0.3, -0.25) is 18.9 Å². The van der Waals surface area contributed by atoms with Gasteiger partial charge in [-0.15, -0.1) is 0 Å². The Morgan fingerprint density at radius 1 is 0.933 bits per heavy atom. The quantitative estimate of drug-likeness (QED) is 0.166. The first-order valence-electron chi connectivity index (χ1n) is 14.7. The number of aryl methyl sites for hydroxylation is 1. The summed E-state index contributed by atoms with van der Waals surface area (Å²) in [6, 6.07) is 20.2. The molecule has 4 atom stereocenters. The molecule has 0 saturated carbocycles. The molecular formula is C32H43N2O9PSi. The number of aromatic nitrogens is 2. The van der Waals surface area contributed by atoms with Gasteiger partial charge >= 0.3 is 13.3 Å². The van der Waals surface area contributed by atoms with E-state index in [2.05, 4.69) is 50.0 Å². The average Bonchev–Trinajstić information content (AvgIpc) is 3.37. The Labute approximate surface area is 264 Å². The van der Waals surface area contributed by atoms with Crippen molar-refractivity contribution in [2.75, 3.05) is 34.5 Å². The molecule has 0 bridgehead atoms. The van der Waals surface area contributed by atoms with Crippen LogP contribution in [-0.4, -0.2) is 70.7 Å². The Kier molecular flexibility index (Phi) is 11.4. The second kappa shape index (κ2) is 14.7. The fraction of sp³-hybridized carbons (Fsp3) is 0.438. The number of rotatable bonds is 13. The summed E-state index contributed by atoms with van der Waals surface area (Å²) in [5.41, 5.74) is -0.839. The maximum atomic E-state index is 13.2. The van der Waals surface area contributed by atoms with Gasteiger partial charge in [0.15, 0.2) is 6.23 Å². The Balaban J connectivity index is 1.97. The lowest BCUT2D eigenvalue weighted by Gasteiger charge is -2.45. The maximum absolute atomic E-state index is 13.2. The van der Waals surface area contributed by atoms with E-state index in [0.29, 0.717) is 5.56 Å². The highest BCUT2D eigenvalue weighted by Gasteiger charge is 2.56. The van der Waals surface area contributed by atoms with Crippen LogP contribution in [0.25, 0.3) is 0 Å². The molecule has 1 aliphatic rings. The summed E-state index contributed by atoms with van der Waals surface area (Å²) >= 11 is 0. The van der Waals surface area contributed by atoms with Crippen molar-refractivity contribution >= 4 is 26.3 Å². The van der Waals surface area contributed by atoms with E-state index in [9.17, 15) is 14.2 Å². The van der Waals surface area contributed by atoms with Crippen molar-refractivity contribution in [2.24, 2.45) is 0 Å². The fourth-order valence-electron chi connectivity index (χ4n) is 5.68. The summed E-state index contributed by atoms with van der Waals surface area (Å²) in [6.07, 6.45) is -0.555. The average molecular weight is 659 g/mol. The number of hydrogen-bond acceptors (Lipinski definition) is 9. The number of benzene rings is 2. The molecule has 1 N–H and O–H groups in total. The lowest BCUT2D eigenvalue weighted by molar-refractivity contribution is -0.0766. The second-order valence-electron chi connectivity index (χ2n) is 11.8. The molecule has 3 aromatic rings. The third kappa shape index (κ3) is 7.39. The van der Waals surface area contributed by atoms with E-state index in [0.717, 1.165) is 10.4 Å². The van der Waals surface area contributed by atoms with Crippen LogP contribution in [0.1, 0.15) is 32.6 Å². The van der Waals surface area contributed by atoms with Gasteiger partial charge in [-0.05, 0) is 28.4 Å². The molecule has 1 fully saturated rings. The van der Waals surface area contributed by atoms with Gasteiger partial charge in [0, 0.05) is 38.9 Å². The van der Waals surface area contributed by atoms with Crippen molar-refractivity contribution in [1.82, 2.24) is 9.55 Å². The van der Waals surface area contributed by atoms with Crippen LogP contribution in [0.15, 0.2) is 88.3 Å². The van der Waals surface area contributed by atoms with Gasteiger partial charge in [0.25, 0.3) is 13.9 Å². The highest BCUT2D eigenvalue weighted by atomic mass is 31.2. The van der Waals surface area contributed by atoms with Gasteiger partial charge in [0.1, 0.15) is 18.3 Å². The van der Waals surface area contributed by atoms with E-state index < -0.39 is 56.7 Å². The third-order valence-corrected chi connectivity index (χ3v) is 14.5. The zero-order valence-electron chi connectivity index (χ0n) is 26.8. The molecule has 1 aromatic heterocycles. The Hall–Kier alpha value is -2.93. The molecule has 45 heavy (non-hydrogen) atoms. The van der Waals surface area contributed by atoms with Crippen molar-refractivity contribution in [1.29, 1.82) is 0 Å². The summed E-state index contributed by atoms with van der Waals surface area (Å²) in [7, 11) is -2.65. The highest BCUT2D eigenvalue weighted by Crippen LogP contribution is 2.49. The SMILES string of the molecule is COCCO[C@@H]1[C@H](O[Si](c2ccccc2)(c2ccccc2)C(C)(C)C)[C@@H](/C=C/P(=O)(OC)OC)O[C@H]1n1cc(C)c(=O)[nH]c1=O. The van der Waals surface area contributed by atoms with E-state index in [1.807, 2.05) is 36.4 Å². The Morgan fingerprint density at radius 2 is 1.51 bits per heavy atom. The van der Waals surface area contributed by atoms with Gasteiger partial charge in [0.2, 0.25) is 0 Å². The predicted octanol–water partition coefficient (Wildman–Crippen LogP) is 3.72. The second-order valence-corrected chi connectivity index (χ2v) is 18.2. The number of aromatic amines is 1. The predicted molar refractivity (Wildman–Crippen MR) is 175 cm³/mol. The van der Waals surface area contributed by atoms with Crippen LogP contribution in [0.2, 0.25) is 5.04 Å². The number of hydrogen-bond donors (Lipinski definition) is 1. The van der Waals surface area contributed by atoms with Crippen molar-refractivity contribution < 1.29 is 32.2 Å². The summed E-state index contributed by atoms with van der Waals surface area (Å²) in [5, 5.41) is 1.66. The van der Waals surface area contributed by atoms with Crippen LogP contribution in [0.5, 0.6) is 0 Å². The van der Waals surface area contributed by atoms with E-state index in [1.54, 1.807) is 20.1 Å². The van der Waals surface area contributed by atoms with Crippen LogP contribution < -0.4 is 21.6 Å². The first-order chi connectivity index (χ1) is 21.4. The fourth-order valence-corrected chi connectivity index (χ4v) is 11.1. The number of methoxy groups -OCH3 is 1. The molecule has 244 valence electrons. The zero-order valence-corrected chi connectivity index (χ0v) is 28.7. The molecule has 4 rings (SSSR count). The number of nitrogens with one attached hydrogen (secondary N) is 1. The standard InChI is InChI=1S/C32H43N2O9PSi/c1-23-22-34(31(36)33-29(23)35)30-28(41-20-19-38-5)27(26(42-30)18-21-44(37,39-6)40-7)43-45(32(2,3)4,24-14-10-8-11-15-24)25-16-12-9-13-17-25/h8-18,21-22,26-28,30H,19-20H2,1-7H3,(H,33,35,36)/b21-18+/t26-,27-,28-,30-/m1/s1. The molecule has 0 unspecified atom stereocenters. The third-order valence-electron chi connectivity index (χ3n) is 7.94. The van der Waals surface area contributed by atoms with Crippen LogP contribution >= 0.6 is 7.60 Å². The summed E-state index contributed by atoms with van der Waals surface area (Å²) in [5.74, 6) is 1.33. The van der Waals surface area contributed by atoms with Crippen LogP contribution in [0.3, 0.4) is 0 Å². The summed E-state index contributed by atoms with van der Waals surface area (Å²) in [6.45, 7) is 8.50. The van der Waals surface area contributed by atoms with Crippen molar-refractivity contribution in [3.63, 3.8) is 0 Å². The molecule has 0 radical (unpaired) electrons. The molecule has 1 aliphatic heterocycles. The zero-order chi connectivity index (χ0) is 32.8. The minimum absolute atomic E-state index is 0.170. The van der Waals surface area contributed by atoms with Crippen LogP contribution in [-0.2, 0) is 32.2 Å². The topological polar surface area (TPSA) is 127 Å². The molecule has 0 aliphatic carbocycles. The van der Waals surface area contributed by atoms with E-state index in [-0.39, 0.29) is 13.2 Å². The largest absolute Gasteiger partial charge is 0.399 e. The lowest BCUT2D eigenvalue weighted by Crippen LogP contribution is -2.69. The minimum atomic E-state index is -3.60. The smallest absolute Gasteiger partial charge is 0.353 e. The van der Waals surface area contributed by atoms with E-state index >= 15 is 0 Å². The van der Waals surface area contributed by atoms with Gasteiger partial charge in [0.05, 0.1) is 13.2 Å². The first-order valence-corrected chi connectivity index (χ1v) is 18.2.